The summed E-state index contributed by atoms with van der Waals surface area (Å²) < 4.78 is 12.8. The van der Waals surface area contributed by atoms with Crippen LogP contribution in [0.3, 0.4) is 0 Å². The molecular formula is C15H16FN3S. The molecule has 1 unspecified atom stereocenters. The molecule has 0 aliphatic heterocycles. The number of nitrogens with one attached hydrogen (secondary N) is 2. The summed E-state index contributed by atoms with van der Waals surface area (Å²) in [5, 5.41) is 6.87. The second kappa shape index (κ2) is 6.96. The first-order chi connectivity index (χ1) is 9.65. The fourth-order valence-corrected chi connectivity index (χ4v) is 2.02. The highest BCUT2D eigenvalue weighted by Gasteiger charge is 2.06. The topological polar surface area (TPSA) is 37.0 Å². The van der Waals surface area contributed by atoms with E-state index in [9.17, 15) is 4.39 Å². The normalized spacial score (nSPS) is 11.7. The van der Waals surface area contributed by atoms with Gasteiger partial charge in [-0.05, 0) is 54.5 Å². The maximum absolute atomic E-state index is 12.8. The van der Waals surface area contributed by atoms with Crippen LogP contribution in [-0.2, 0) is 6.54 Å². The molecule has 0 amide bonds. The van der Waals surface area contributed by atoms with Gasteiger partial charge in [-0.1, -0.05) is 12.1 Å². The first-order valence-electron chi connectivity index (χ1n) is 6.34. The Morgan fingerprint density at radius 1 is 1.20 bits per heavy atom. The average molecular weight is 289 g/mol. The molecule has 0 saturated heterocycles. The molecule has 5 heteroatoms. The molecule has 0 aliphatic rings. The van der Waals surface area contributed by atoms with Crippen molar-refractivity contribution in [2.24, 2.45) is 0 Å². The Bertz CT molecular complexity index is 557. The van der Waals surface area contributed by atoms with E-state index in [1.165, 1.54) is 12.1 Å². The van der Waals surface area contributed by atoms with Crippen molar-refractivity contribution in [3.63, 3.8) is 0 Å². The van der Waals surface area contributed by atoms with Crippen molar-refractivity contribution >= 4 is 17.3 Å². The number of benzene rings is 1. The van der Waals surface area contributed by atoms with Gasteiger partial charge in [-0.3, -0.25) is 4.98 Å². The van der Waals surface area contributed by atoms with Crippen molar-refractivity contribution in [2.45, 2.75) is 19.5 Å². The van der Waals surface area contributed by atoms with E-state index in [2.05, 4.69) is 15.6 Å². The Kier molecular flexibility index (Phi) is 5.01. The minimum absolute atomic E-state index is 0.103. The molecule has 2 N–H and O–H groups in total. The van der Waals surface area contributed by atoms with Gasteiger partial charge in [0.2, 0.25) is 0 Å². The summed E-state index contributed by atoms with van der Waals surface area (Å²) in [5.41, 5.74) is 2.10. The highest BCUT2D eigenvalue weighted by Crippen LogP contribution is 2.09. The lowest BCUT2D eigenvalue weighted by atomic mass is 10.1. The van der Waals surface area contributed by atoms with Gasteiger partial charge in [0, 0.05) is 18.9 Å². The molecule has 3 nitrogen and oxygen atoms in total. The Hall–Kier alpha value is -2.01. The van der Waals surface area contributed by atoms with E-state index >= 15 is 0 Å². The standard InChI is InChI=1S/C15H16FN3S/c1-11(13-6-8-17-9-7-13)19-15(20)18-10-12-2-4-14(16)5-3-12/h2-9,11H,10H2,1H3,(H2,18,19,20). The van der Waals surface area contributed by atoms with Crippen LogP contribution in [0.4, 0.5) is 4.39 Å². The van der Waals surface area contributed by atoms with E-state index in [4.69, 9.17) is 12.2 Å². The first kappa shape index (κ1) is 14.4. The zero-order valence-electron chi connectivity index (χ0n) is 11.1. The van der Waals surface area contributed by atoms with Gasteiger partial charge < -0.3 is 10.6 Å². The third-order valence-corrected chi connectivity index (χ3v) is 3.18. The summed E-state index contributed by atoms with van der Waals surface area (Å²) >= 11 is 5.24. The van der Waals surface area contributed by atoms with Gasteiger partial charge in [-0.2, -0.15) is 0 Å². The molecule has 104 valence electrons. The molecule has 20 heavy (non-hydrogen) atoms. The van der Waals surface area contributed by atoms with E-state index < -0.39 is 0 Å². The quantitative estimate of drug-likeness (QED) is 0.849. The van der Waals surface area contributed by atoms with Gasteiger partial charge in [0.05, 0.1) is 6.04 Å². The number of nitrogens with zero attached hydrogens (tertiary/aromatic N) is 1. The number of halogens is 1. The van der Waals surface area contributed by atoms with Gasteiger partial charge >= 0.3 is 0 Å². The molecule has 0 bridgehead atoms. The van der Waals surface area contributed by atoms with Crippen LogP contribution in [-0.4, -0.2) is 10.1 Å². The summed E-state index contributed by atoms with van der Waals surface area (Å²) in [5.74, 6) is -0.235. The Labute approximate surface area is 123 Å². The van der Waals surface area contributed by atoms with Crippen molar-refractivity contribution in [1.82, 2.24) is 15.6 Å². The molecule has 0 saturated carbocycles. The lowest BCUT2D eigenvalue weighted by Crippen LogP contribution is -2.36. The molecule has 0 fully saturated rings. The highest BCUT2D eigenvalue weighted by molar-refractivity contribution is 7.80. The van der Waals surface area contributed by atoms with Gasteiger partial charge in [-0.25, -0.2) is 4.39 Å². The molecule has 1 aromatic carbocycles. The second-order valence-corrected chi connectivity index (χ2v) is 4.86. The third kappa shape index (κ3) is 4.28. The maximum Gasteiger partial charge on any atom is 0.167 e. The lowest BCUT2D eigenvalue weighted by Gasteiger charge is -2.17. The van der Waals surface area contributed by atoms with Crippen molar-refractivity contribution in [2.75, 3.05) is 0 Å². The van der Waals surface area contributed by atoms with Crippen LogP contribution < -0.4 is 10.6 Å². The maximum atomic E-state index is 12.8. The summed E-state index contributed by atoms with van der Waals surface area (Å²) in [6, 6.07) is 10.3. The van der Waals surface area contributed by atoms with E-state index in [1.54, 1.807) is 24.5 Å². The molecule has 0 aliphatic carbocycles. The van der Waals surface area contributed by atoms with Crippen molar-refractivity contribution in [3.05, 3.63) is 65.7 Å². The molecule has 0 spiro atoms. The molecule has 1 atom stereocenters. The molecule has 0 radical (unpaired) electrons. The SMILES string of the molecule is CC(NC(=S)NCc1ccc(F)cc1)c1ccncc1. The Morgan fingerprint density at radius 3 is 2.50 bits per heavy atom. The summed E-state index contributed by atoms with van der Waals surface area (Å²) in [7, 11) is 0. The second-order valence-electron chi connectivity index (χ2n) is 4.46. The van der Waals surface area contributed by atoms with Crippen LogP contribution in [0.1, 0.15) is 24.1 Å². The van der Waals surface area contributed by atoms with Crippen LogP contribution in [0.5, 0.6) is 0 Å². The summed E-state index contributed by atoms with van der Waals surface area (Å²) in [6.45, 7) is 2.59. The minimum atomic E-state index is -0.235. The lowest BCUT2D eigenvalue weighted by molar-refractivity contribution is 0.626. The molecule has 2 rings (SSSR count). The number of hydrogen-bond acceptors (Lipinski definition) is 2. The minimum Gasteiger partial charge on any atom is -0.359 e. The van der Waals surface area contributed by atoms with Crippen molar-refractivity contribution in [3.8, 4) is 0 Å². The average Bonchev–Trinajstić information content (AvgIpc) is 2.47. The smallest absolute Gasteiger partial charge is 0.167 e. The summed E-state index contributed by atoms with van der Waals surface area (Å²) in [6.07, 6.45) is 3.50. The van der Waals surface area contributed by atoms with Crippen LogP contribution in [0.15, 0.2) is 48.8 Å². The van der Waals surface area contributed by atoms with E-state index in [0.717, 1.165) is 11.1 Å². The molecule has 2 aromatic rings. The van der Waals surface area contributed by atoms with Crippen LogP contribution in [0.25, 0.3) is 0 Å². The number of aromatic nitrogens is 1. The zero-order valence-corrected chi connectivity index (χ0v) is 12.0. The van der Waals surface area contributed by atoms with E-state index in [1.807, 2.05) is 19.1 Å². The fraction of sp³-hybridized carbons (Fsp3) is 0.200. The molecular weight excluding hydrogens is 273 g/mol. The van der Waals surface area contributed by atoms with Gasteiger partial charge in [0.1, 0.15) is 5.82 Å². The third-order valence-electron chi connectivity index (χ3n) is 2.92. The van der Waals surface area contributed by atoms with Crippen LogP contribution in [0, 0.1) is 5.82 Å². The largest absolute Gasteiger partial charge is 0.359 e. The number of pyridine rings is 1. The fourth-order valence-electron chi connectivity index (χ4n) is 1.77. The molecule has 1 aromatic heterocycles. The van der Waals surface area contributed by atoms with Gasteiger partial charge in [0.15, 0.2) is 5.11 Å². The first-order valence-corrected chi connectivity index (χ1v) is 6.74. The van der Waals surface area contributed by atoms with Crippen LogP contribution in [0.2, 0.25) is 0 Å². The Balaban J connectivity index is 1.82. The van der Waals surface area contributed by atoms with E-state index in [0.29, 0.717) is 11.7 Å². The monoisotopic (exact) mass is 289 g/mol. The van der Waals surface area contributed by atoms with Gasteiger partial charge in [0.25, 0.3) is 0 Å². The van der Waals surface area contributed by atoms with E-state index in [-0.39, 0.29) is 11.9 Å². The van der Waals surface area contributed by atoms with Crippen LogP contribution >= 0.6 is 12.2 Å². The predicted molar refractivity (Wildman–Crippen MR) is 81.6 cm³/mol. The zero-order chi connectivity index (χ0) is 14.4. The molecule has 1 heterocycles. The van der Waals surface area contributed by atoms with Crippen molar-refractivity contribution < 1.29 is 4.39 Å². The number of hydrogen-bond donors (Lipinski definition) is 2. The highest BCUT2D eigenvalue weighted by atomic mass is 32.1. The van der Waals surface area contributed by atoms with Crippen molar-refractivity contribution in [1.29, 1.82) is 0 Å². The summed E-state index contributed by atoms with van der Waals surface area (Å²) in [4.78, 5) is 3.98. The number of rotatable bonds is 4. The predicted octanol–water partition coefficient (Wildman–Crippen LogP) is 2.95. The number of thiocarbonyl (C=S) groups is 1. The van der Waals surface area contributed by atoms with Gasteiger partial charge in [-0.15, -0.1) is 0 Å². The Morgan fingerprint density at radius 2 is 1.85 bits per heavy atom.